The molecule has 1 N–H and O–H groups in total. The van der Waals surface area contributed by atoms with Gasteiger partial charge < -0.3 is 19.5 Å². The Morgan fingerprint density at radius 2 is 1.91 bits per heavy atom. The summed E-state index contributed by atoms with van der Waals surface area (Å²) >= 11 is 0. The highest BCUT2D eigenvalue weighted by Gasteiger charge is 2.17. The standard InChI is InChI=1S/C22H19N5O5/c1-13-23-17(14-3-6-16(30-2)7-4-14)10-20-25-26(22(29)27(13)20)11-21(28)24-15-5-8-18-19(9-15)32-12-31-18/h3-10H,11-12H2,1-2H3,(H,24,28). The van der Waals surface area contributed by atoms with E-state index in [4.69, 9.17) is 14.2 Å². The zero-order valence-corrected chi connectivity index (χ0v) is 17.4. The number of hydrogen-bond acceptors (Lipinski definition) is 7. The first-order valence-electron chi connectivity index (χ1n) is 9.83. The Bertz CT molecular complexity index is 1390. The second kappa shape index (κ2) is 7.73. The highest BCUT2D eigenvalue weighted by atomic mass is 16.7. The van der Waals surface area contributed by atoms with E-state index in [0.29, 0.717) is 34.4 Å². The average molecular weight is 433 g/mol. The van der Waals surface area contributed by atoms with Crippen LogP contribution in [0.25, 0.3) is 16.9 Å². The first-order chi connectivity index (χ1) is 15.5. The van der Waals surface area contributed by atoms with Crippen molar-refractivity contribution in [2.45, 2.75) is 13.5 Å². The summed E-state index contributed by atoms with van der Waals surface area (Å²) in [6.45, 7) is 1.63. The number of methoxy groups -OCH3 is 1. The quantitative estimate of drug-likeness (QED) is 0.514. The van der Waals surface area contributed by atoms with Gasteiger partial charge in [-0.15, -0.1) is 5.10 Å². The minimum atomic E-state index is -0.438. The molecule has 0 fully saturated rings. The lowest BCUT2D eigenvalue weighted by Gasteiger charge is -2.05. The summed E-state index contributed by atoms with van der Waals surface area (Å²) in [7, 11) is 1.60. The summed E-state index contributed by atoms with van der Waals surface area (Å²) in [5.74, 6) is 1.99. The van der Waals surface area contributed by atoms with Crippen molar-refractivity contribution in [3.63, 3.8) is 0 Å². The number of nitrogens with zero attached hydrogens (tertiary/aromatic N) is 4. The van der Waals surface area contributed by atoms with Crippen LogP contribution >= 0.6 is 0 Å². The molecule has 5 rings (SSSR count). The molecular formula is C22H19N5O5. The number of aryl methyl sites for hydroxylation is 1. The zero-order chi connectivity index (χ0) is 22.2. The summed E-state index contributed by atoms with van der Waals surface area (Å²) in [4.78, 5) is 29.9. The Morgan fingerprint density at radius 3 is 2.69 bits per heavy atom. The minimum absolute atomic E-state index is 0.148. The molecule has 0 atom stereocenters. The van der Waals surface area contributed by atoms with Crippen molar-refractivity contribution in [3.8, 4) is 28.5 Å². The third-order valence-corrected chi connectivity index (χ3v) is 5.07. The molecule has 1 aliphatic rings. The molecule has 0 saturated heterocycles. The molecule has 10 nitrogen and oxygen atoms in total. The van der Waals surface area contributed by atoms with Gasteiger partial charge in [0.05, 0.1) is 12.8 Å². The normalized spacial score (nSPS) is 12.2. The molecule has 4 aromatic rings. The van der Waals surface area contributed by atoms with Crippen molar-refractivity contribution in [2.24, 2.45) is 0 Å². The number of aromatic nitrogens is 4. The van der Waals surface area contributed by atoms with Crippen LogP contribution in [0.2, 0.25) is 0 Å². The van der Waals surface area contributed by atoms with E-state index in [1.165, 1.54) is 4.40 Å². The van der Waals surface area contributed by atoms with Crippen molar-refractivity contribution in [3.05, 3.63) is 64.8 Å². The van der Waals surface area contributed by atoms with Gasteiger partial charge in [-0.3, -0.25) is 4.79 Å². The van der Waals surface area contributed by atoms with E-state index in [-0.39, 0.29) is 13.3 Å². The topological polar surface area (TPSA) is 109 Å². The van der Waals surface area contributed by atoms with Crippen LogP contribution in [-0.2, 0) is 11.3 Å². The highest BCUT2D eigenvalue weighted by Crippen LogP contribution is 2.34. The van der Waals surface area contributed by atoms with Crippen LogP contribution in [0, 0.1) is 6.92 Å². The maximum atomic E-state index is 12.8. The molecule has 3 heterocycles. The van der Waals surface area contributed by atoms with E-state index < -0.39 is 11.6 Å². The molecular weight excluding hydrogens is 414 g/mol. The average Bonchev–Trinajstić information content (AvgIpc) is 3.38. The molecule has 1 amide bonds. The molecule has 0 unspecified atom stereocenters. The van der Waals surface area contributed by atoms with Gasteiger partial charge in [-0.2, -0.15) is 0 Å². The molecule has 32 heavy (non-hydrogen) atoms. The van der Waals surface area contributed by atoms with Crippen molar-refractivity contribution in [1.82, 2.24) is 19.2 Å². The van der Waals surface area contributed by atoms with Gasteiger partial charge in [-0.25, -0.2) is 18.9 Å². The van der Waals surface area contributed by atoms with E-state index in [0.717, 1.165) is 16.0 Å². The summed E-state index contributed by atoms with van der Waals surface area (Å²) < 4.78 is 18.3. The number of hydrogen-bond donors (Lipinski definition) is 1. The van der Waals surface area contributed by atoms with Gasteiger partial charge in [0.2, 0.25) is 12.7 Å². The number of rotatable bonds is 5. The third kappa shape index (κ3) is 3.51. The first kappa shape index (κ1) is 19.6. The predicted molar refractivity (Wildman–Crippen MR) is 115 cm³/mol. The van der Waals surface area contributed by atoms with Crippen LogP contribution in [0.1, 0.15) is 5.82 Å². The number of anilines is 1. The van der Waals surface area contributed by atoms with E-state index in [2.05, 4.69) is 15.4 Å². The minimum Gasteiger partial charge on any atom is -0.497 e. The fourth-order valence-corrected chi connectivity index (χ4v) is 3.52. The monoisotopic (exact) mass is 433 g/mol. The molecule has 0 spiro atoms. The van der Waals surface area contributed by atoms with Crippen LogP contribution < -0.4 is 25.2 Å². The third-order valence-electron chi connectivity index (χ3n) is 5.07. The Morgan fingerprint density at radius 1 is 1.12 bits per heavy atom. The van der Waals surface area contributed by atoms with Gasteiger partial charge in [0.25, 0.3) is 0 Å². The SMILES string of the molecule is COc1ccc(-c2cc3nn(CC(=O)Nc4ccc5c(c4)OCO5)c(=O)n3c(C)n2)cc1. The lowest BCUT2D eigenvalue weighted by atomic mass is 10.1. The number of carbonyl (C=O) groups is 1. The van der Waals surface area contributed by atoms with Crippen molar-refractivity contribution >= 4 is 17.2 Å². The first-order valence-corrected chi connectivity index (χ1v) is 9.83. The van der Waals surface area contributed by atoms with Crippen molar-refractivity contribution < 1.29 is 19.0 Å². The maximum Gasteiger partial charge on any atom is 0.352 e. The smallest absolute Gasteiger partial charge is 0.352 e. The fourth-order valence-electron chi connectivity index (χ4n) is 3.52. The summed E-state index contributed by atoms with van der Waals surface area (Å²) in [5.41, 5.74) is 2.03. The van der Waals surface area contributed by atoms with E-state index in [1.54, 1.807) is 38.3 Å². The zero-order valence-electron chi connectivity index (χ0n) is 17.4. The van der Waals surface area contributed by atoms with Gasteiger partial charge in [-0.05, 0) is 43.3 Å². The maximum absolute atomic E-state index is 12.8. The highest BCUT2D eigenvalue weighted by molar-refractivity contribution is 5.90. The van der Waals surface area contributed by atoms with Crippen LogP contribution in [0.15, 0.2) is 53.3 Å². The van der Waals surface area contributed by atoms with Gasteiger partial charge in [0.1, 0.15) is 18.1 Å². The summed E-state index contributed by atoms with van der Waals surface area (Å²) in [6.07, 6.45) is 0. The Balaban J connectivity index is 1.40. The summed E-state index contributed by atoms with van der Waals surface area (Å²) in [6, 6.07) is 14.2. The number of nitrogens with one attached hydrogen (secondary N) is 1. The van der Waals surface area contributed by atoms with E-state index >= 15 is 0 Å². The molecule has 0 aliphatic carbocycles. The van der Waals surface area contributed by atoms with Gasteiger partial charge in [0.15, 0.2) is 17.1 Å². The van der Waals surface area contributed by atoms with E-state index in [1.807, 2.05) is 24.3 Å². The molecule has 2 aromatic heterocycles. The lowest BCUT2D eigenvalue weighted by Crippen LogP contribution is -2.28. The van der Waals surface area contributed by atoms with Crippen molar-refractivity contribution in [2.75, 3.05) is 19.2 Å². The van der Waals surface area contributed by atoms with Crippen LogP contribution in [-0.4, -0.2) is 39.0 Å². The van der Waals surface area contributed by atoms with Gasteiger partial charge >= 0.3 is 5.69 Å². The van der Waals surface area contributed by atoms with Gasteiger partial charge in [-0.1, -0.05) is 0 Å². The molecule has 0 bridgehead atoms. The number of carbonyl (C=O) groups excluding carboxylic acids is 1. The largest absolute Gasteiger partial charge is 0.497 e. The Kier molecular flexibility index (Phi) is 4.74. The summed E-state index contributed by atoms with van der Waals surface area (Å²) in [5, 5.41) is 7.07. The fraction of sp³-hybridized carbons (Fsp3) is 0.182. The Hall–Kier alpha value is -4.34. The van der Waals surface area contributed by atoms with Crippen LogP contribution in [0.4, 0.5) is 5.69 Å². The van der Waals surface area contributed by atoms with Crippen molar-refractivity contribution in [1.29, 1.82) is 0 Å². The second-order valence-electron chi connectivity index (χ2n) is 7.17. The second-order valence-corrected chi connectivity index (χ2v) is 7.17. The number of amides is 1. The lowest BCUT2D eigenvalue weighted by molar-refractivity contribution is -0.117. The number of ether oxygens (including phenoxy) is 3. The van der Waals surface area contributed by atoms with E-state index in [9.17, 15) is 9.59 Å². The van der Waals surface area contributed by atoms with Crippen LogP contribution in [0.5, 0.6) is 17.2 Å². The number of fused-ring (bicyclic) bond motifs is 2. The number of benzene rings is 2. The van der Waals surface area contributed by atoms with Crippen LogP contribution in [0.3, 0.4) is 0 Å². The molecule has 2 aromatic carbocycles. The molecule has 162 valence electrons. The van der Waals surface area contributed by atoms with Gasteiger partial charge in [0, 0.05) is 23.4 Å². The molecule has 1 aliphatic heterocycles. The predicted octanol–water partition coefficient (Wildman–Crippen LogP) is 2.24. The molecule has 10 heteroatoms. The molecule has 0 saturated carbocycles. The Labute approximate surface area is 182 Å². The molecule has 0 radical (unpaired) electrons.